The Morgan fingerprint density at radius 2 is 1.63 bits per heavy atom. The van der Waals surface area contributed by atoms with Gasteiger partial charge in [-0.3, -0.25) is 0 Å². The number of aliphatic hydroxyl groups excluding tert-OH is 1. The van der Waals surface area contributed by atoms with Gasteiger partial charge in [-0.05, 0) is 70.1 Å². The molecule has 2 heteroatoms. The second kappa shape index (κ2) is 7.64. The molecule has 0 unspecified atom stereocenters. The summed E-state index contributed by atoms with van der Waals surface area (Å²) in [7, 11) is 0. The summed E-state index contributed by atoms with van der Waals surface area (Å²) >= 11 is 0. The quantitative estimate of drug-likeness (QED) is 0.714. The van der Waals surface area contributed by atoms with Gasteiger partial charge >= 0.3 is 0 Å². The summed E-state index contributed by atoms with van der Waals surface area (Å²) < 4.78 is 0. The van der Waals surface area contributed by atoms with Gasteiger partial charge in [0, 0.05) is 0 Å². The average Bonchev–Trinajstić information content (AvgIpc) is 2.41. The summed E-state index contributed by atoms with van der Waals surface area (Å²) in [5.74, 6) is 0.831. The lowest BCUT2D eigenvalue weighted by Crippen LogP contribution is -2.31. The van der Waals surface area contributed by atoms with Gasteiger partial charge in [-0.2, -0.15) is 0 Å². The molecule has 0 saturated heterocycles. The molecule has 2 nitrogen and oxygen atoms in total. The Hall–Kier alpha value is -0.0800. The highest BCUT2D eigenvalue weighted by Crippen LogP contribution is 2.33. The number of hydrogen-bond donors (Lipinski definition) is 2. The van der Waals surface area contributed by atoms with Gasteiger partial charge in [0.1, 0.15) is 0 Å². The maximum Gasteiger partial charge on any atom is 0.0648 e. The second-order valence-corrected chi connectivity index (χ2v) is 6.86. The Bertz CT molecular complexity index is 238. The van der Waals surface area contributed by atoms with Crippen molar-refractivity contribution in [2.45, 2.75) is 95.2 Å². The van der Waals surface area contributed by atoms with Crippen molar-refractivity contribution in [1.82, 2.24) is 0 Å². The minimum absolute atomic E-state index is 0.0271. The minimum Gasteiger partial charge on any atom is -0.393 e. The highest BCUT2D eigenvalue weighted by atomic mass is 16.3. The van der Waals surface area contributed by atoms with Crippen LogP contribution in [-0.4, -0.2) is 21.9 Å². The van der Waals surface area contributed by atoms with Crippen LogP contribution >= 0.6 is 0 Å². The zero-order valence-corrected chi connectivity index (χ0v) is 12.3. The summed E-state index contributed by atoms with van der Waals surface area (Å²) in [6.07, 6.45) is 17.1. The topological polar surface area (TPSA) is 40.5 Å². The fourth-order valence-corrected chi connectivity index (χ4v) is 3.76. The van der Waals surface area contributed by atoms with Crippen LogP contribution in [0, 0.1) is 12.3 Å². The first-order valence-corrected chi connectivity index (χ1v) is 8.40. The highest BCUT2D eigenvalue weighted by Gasteiger charge is 2.28. The molecule has 0 bridgehead atoms. The van der Waals surface area contributed by atoms with Crippen molar-refractivity contribution >= 4 is 0 Å². The summed E-state index contributed by atoms with van der Waals surface area (Å²) in [5.41, 5.74) is -0.344. The first kappa shape index (κ1) is 15.3. The summed E-state index contributed by atoms with van der Waals surface area (Å²) in [6, 6.07) is 0. The fourth-order valence-electron chi connectivity index (χ4n) is 3.76. The van der Waals surface area contributed by atoms with Gasteiger partial charge in [-0.15, -0.1) is 0 Å². The van der Waals surface area contributed by atoms with Crippen molar-refractivity contribution < 1.29 is 10.2 Å². The maximum atomic E-state index is 10.4. The van der Waals surface area contributed by atoms with Crippen molar-refractivity contribution in [3.05, 3.63) is 6.42 Å². The van der Waals surface area contributed by atoms with E-state index < -0.39 is 0 Å². The van der Waals surface area contributed by atoms with E-state index >= 15 is 0 Å². The van der Waals surface area contributed by atoms with Crippen molar-refractivity contribution in [2.75, 3.05) is 0 Å². The maximum absolute atomic E-state index is 10.4. The average molecular weight is 267 g/mol. The SMILES string of the molecule is OC1CCC(CC[CH]CCC2(O)CCCCC2)CC1. The van der Waals surface area contributed by atoms with Crippen LogP contribution < -0.4 is 0 Å². The van der Waals surface area contributed by atoms with Crippen LogP contribution in [0.25, 0.3) is 0 Å². The molecule has 0 amide bonds. The van der Waals surface area contributed by atoms with Crippen LogP contribution in [0.1, 0.15) is 83.5 Å². The zero-order valence-electron chi connectivity index (χ0n) is 12.3. The van der Waals surface area contributed by atoms with Crippen LogP contribution in [0.15, 0.2) is 0 Å². The van der Waals surface area contributed by atoms with Crippen molar-refractivity contribution in [2.24, 2.45) is 5.92 Å². The van der Waals surface area contributed by atoms with Crippen LogP contribution in [0.5, 0.6) is 0 Å². The molecule has 0 aromatic heterocycles. The number of rotatable bonds is 6. The largest absolute Gasteiger partial charge is 0.393 e. The predicted octanol–water partition coefficient (Wildman–Crippen LogP) is 4.00. The monoisotopic (exact) mass is 267 g/mol. The van der Waals surface area contributed by atoms with E-state index in [9.17, 15) is 10.2 Å². The molecule has 19 heavy (non-hydrogen) atoms. The summed E-state index contributed by atoms with van der Waals surface area (Å²) in [5, 5.41) is 19.9. The van der Waals surface area contributed by atoms with Gasteiger partial charge in [0.2, 0.25) is 0 Å². The molecular formula is C17H31O2. The van der Waals surface area contributed by atoms with Crippen LogP contribution in [0.4, 0.5) is 0 Å². The third-order valence-electron chi connectivity index (χ3n) is 5.19. The van der Waals surface area contributed by atoms with E-state index in [-0.39, 0.29) is 11.7 Å². The van der Waals surface area contributed by atoms with Crippen LogP contribution in [-0.2, 0) is 0 Å². The molecule has 2 aliphatic rings. The first-order valence-electron chi connectivity index (χ1n) is 8.40. The molecular weight excluding hydrogens is 236 g/mol. The number of unbranched alkanes of at least 4 members (excludes halogenated alkanes) is 2. The van der Waals surface area contributed by atoms with Crippen molar-refractivity contribution in [3.8, 4) is 0 Å². The molecule has 2 saturated carbocycles. The molecule has 2 fully saturated rings. The van der Waals surface area contributed by atoms with E-state index in [1.807, 2.05) is 0 Å². The Labute approximate surface area is 118 Å². The summed E-state index contributed by atoms with van der Waals surface area (Å²) in [4.78, 5) is 0. The normalized spacial score (nSPS) is 31.3. The van der Waals surface area contributed by atoms with Gasteiger partial charge in [0.15, 0.2) is 0 Å². The van der Waals surface area contributed by atoms with E-state index in [2.05, 4.69) is 6.42 Å². The molecule has 1 radical (unpaired) electrons. The van der Waals surface area contributed by atoms with Gasteiger partial charge in [0.25, 0.3) is 0 Å². The molecule has 111 valence electrons. The van der Waals surface area contributed by atoms with E-state index in [0.29, 0.717) is 0 Å². The van der Waals surface area contributed by atoms with Gasteiger partial charge in [-0.25, -0.2) is 0 Å². The van der Waals surface area contributed by atoms with Crippen molar-refractivity contribution in [1.29, 1.82) is 0 Å². The fraction of sp³-hybridized carbons (Fsp3) is 0.941. The smallest absolute Gasteiger partial charge is 0.0648 e. The molecule has 0 aromatic rings. The Morgan fingerprint density at radius 1 is 0.947 bits per heavy atom. The lowest BCUT2D eigenvalue weighted by Gasteiger charge is -2.32. The van der Waals surface area contributed by atoms with E-state index in [4.69, 9.17) is 0 Å². The third kappa shape index (κ3) is 5.43. The molecule has 0 spiro atoms. The molecule has 2 N–H and O–H groups in total. The molecule has 0 aromatic carbocycles. The van der Waals surface area contributed by atoms with E-state index in [0.717, 1.165) is 44.4 Å². The third-order valence-corrected chi connectivity index (χ3v) is 5.19. The van der Waals surface area contributed by atoms with E-state index in [1.165, 1.54) is 44.9 Å². The van der Waals surface area contributed by atoms with E-state index in [1.54, 1.807) is 0 Å². The van der Waals surface area contributed by atoms with Gasteiger partial charge < -0.3 is 10.2 Å². The van der Waals surface area contributed by atoms with Crippen LogP contribution in [0.3, 0.4) is 0 Å². The standard InChI is InChI=1S/C17H31O2/c18-16-10-8-15(9-11-16)7-3-1-4-12-17(19)13-5-2-6-14-17/h1,15-16,18-19H,2-14H2. The van der Waals surface area contributed by atoms with Crippen molar-refractivity contribution in [3.63, 3.8) is 0 Å². The minimum atomic E-state index is -0.344. The van der Waals surface area contributed by atoms with Gasteiger partial charge in [0.05, 0.1) is 11.7 Å². The number of hydrogen-bond acceptors (Lipinski definition) is 2. The molecule has 2 aliphatic carbocycles. The summed E-state index contributed by atoms with van der Waals surface area (Å²) in [6.45, 7) is 0. The molecule has 0 aliphatic heterocycles. The Balaban J connectivity index is 1.50. The predicted molar refractivity (Wildman–Crippen MR) is 78.8 cm³/mol. The Morgan fingerprint density at radius 3 is 2.32 bits per heavy atom. The second-order valence-electron chi connectivity index (χ2n) is 6.86. The lowest BCUT2D eigenvalue weighted by molar-refractivity contribution is -0.00382. The number of aliphatic hydroxyl groups is 2. The lowest BCUT2D eigenvalue weighted by atomic mass is 9.80. The molecule has 0 atom stereocenters. The zero-order chi connectivity index (χ0) is 13.6. The molecule has 2 rings (SSSR count). The Kier molecular flexibility index (Phi) is 6.15. The molecule has 0 heterocycles. The van der Waals surface area contributed by atoms with Crippen LogP contribution in [0.2, 0.25) is 0 Å². The first-order chi connectivity index (χ1) is 9.18. The highest BCUT2D eigenvalue weighted by molar-refractivity contribution is 4.84. The van der Waals surface area contributed by atoms with Gasteiger partial charge in [-0.1, -0.05) is 25.7 Å².